The highest BCUT2D eigenvalue weighted by atomic mass is 35.5. The van der Waals surface area contributed by atoms with Gasteiger partial charge in [0.1, 0.15) is 35.6 Å². The summed E-state index contributed by atoms with van der Waals surface area (Å²) in [5.74, 6) is 1.86. The van der Waals surface area contributed by atoms with Crippen LogP contribution in [0.2, 0.25) is 5.02 Å². The van der Waals surface area contributed by atoms with Crippen molar-refractivity contribution in [2.75, 3.05) is 31.6 Å². The SMILES string of the molecule is CCN(CC)C[C@@H](O)COc1ccc(-c2cc3c(Oc4ccc(NC(=O)NC5CC5)c(Cl)c4)ccnc3[nH]2)cc1. The van der Waals surface area contributed by atoms with Gasteiger partial charge in [-0.1, -0.05) is 25.4 Å². The smallest absolute Gasteiger partial charge is 0.319 e. The minimum absolute atomic E-state index is 0.238. The summed E-state index contributed by atoms with van der Waals surface area (Å²) < 4.78 is 11.9. The van der Waals surface area contributed by atoms with E-state index in [1.807, 2.05) is 30.3 Å². The largest absolute Gasteiger partial charge is 0.491 e. The molecule has 1 fully saturated rings. The maximum absolute atomic E-state index is 12.0. The van der Waals surface area contributed by atoms with Gasteiger partial charge in [-0.05, 0) is 80.0 Å². The highest BCUT2D eigenvalue weighted by molar-refractivity contribution is 6.33. The molecule has 0 spiro atoms. The molecule has 10 heteroatoms. The van der Waals surface area contributed by atoms with Gasteiger partial charge in [0, 0.05) is 30.5 Å². The Balaban J connectivity index is 1.24. The van der Waals surface area contributed by atoms with Crippen LogP contribution in [0.3, 0.4) is 0 Å². The number of benzene rings is 2. The van der Waals surface area contributed by atoms with Gasteiger partial charge in [0.05, 0.1) is 16.1 Å². The van der Waals surface area contributed by atoms with Gasteiger partial charge in [-0.3, -0.25) is 0 Å². The molecular weight excluding hydrogens is 530 g/mol. The lowest BCUT2D eigenvalue weighted by atomic mass is 10.1. The Bertz CT molecular complexity index is 1450. The summed E-state index contributed by atoms with van der Waals surface area (Å²) in [6.07, 6.45) is 3.15. The number of aromatic amines is 1. The first-order valence-electron chi connectivity index (χ1n) is 13.6. The third kappa shape index (κ3) is 7.04. The number of carbonyl (C=O) groups is 1. The predicted molar refractivity (Wildman–Crippen MR) is 158 cm³/mol. The number of aliphatic hydroxyl groups excluding tert-OH is 1. The van der Waals surface area contributed by atoms with Crippen molar-refractivity contribution < 1.29 is 19.4 Å². The number of halogens is 1. The zero-order valence-electron chi connectivity index (χ0n) is 22.6. The molecule has 2 aromatic carbocycles. The molecule has 2 heterocycles. The van der Waals surface area contributed by atoms with Crippen LogP contribution in [0.25, 0.3) is 22.3 Å². The summed E-state index contributed by atoms with van der Waals surface area (Å²) >= 11 is 6.41. The van der Waals surface area contributed by atoms with Crippen LogP contribution >= 0.6 is 11.6 Å². The van der Waals surface area contributed by atoms with Crippen LogP contribution in [-0.2, 0) is 0 Å². The average Bonchev–Trinajstić information content (AvgIpc) is 3.66. The van der Waals surface area contributed by atoms with Gasteiger partial charge in [0.2, 0.25) is 0 Å². The zero-order chi connectivity index (χ0) is 28.1. The van der Waals surface area contributed by atoms with Gasteiger partial charge < -0.3 is 35.1 Å². The standard InChI is InChI=1S/C30H34ClN5O4/c1-3-36(4-2)17-21(37)18-39-22-9-5-19(6-10-22)27-16-24-28(13-14-32-29(24)34-27)40-23-11-12-26(25(31)15-23)35-30(38)33-20-7-8-20/h5-6,9-16,20-21,37H,3-4,7-8,17-18H2,1-2H3,(H,32,34)(H2,33,35,38)/t21-/m1/s1. The van der Waals surface area contributed by atoms with Crippen molar-refractivity contribution in [3.05, 3.63) is 65.8 Å². The van der Waals surface area contributed by atoms with Crippen molar-refractivity contribution in [1.29, 1.82) is 0 Å². The molecule has 0 radical (unpaired) electrons. The molecule has 4 N–H and O–H groups in total. The number of hydrogen-bond donors (Lipinski definition) is 4. The number of fused-ring (bicyclic) bond motifs is 1. The van der Waals surface area contributed by atoms with Crippen LogP contribution in [0.15, 0.2) is 60.8 Å². The molecule has 9 nitrogen and oxygen atoms in total. The van der Waals surface area contributed by atoms with Gasteiger partial charge in [-0.2, -0.15) is 0 Å². The summed E-state index contributed by atoms with van der Waals surface area (Å²) in [5, 5.41) is 17.1. The number of nitrogens with one attached hydrogen (secondary N) is 3. The molecule has 1 atom stereocenters. The normalized spacial score (nSPS) is 13.8. The van der Waals surface area contributed by atoms with E-state index in [1.165, 1.54) is 0 Å². The molecular formula is C30H34ClN5O4. The lowest BCUT2D eigenvalue weighted by Crippen LogP contribution is -2.35. The number of rotatable bonds is 12. The zero-order valence-corrected chi connectivity index (χ0v) is 23.4. The lowest BCUT2D eigenvalue weighted by Gasteiger charge is -2.21. The number of nitrogens with zero attached hydrogens (tertiary/aromatic N) is 2. The van der Waals surface area contributed by atoms with Crippen LogP contribution in [-0.4, -0.2) is 64.4 Å². The molecule has 0 aliphatic heterocycles. The first kappa shape index (κ1) is 27.8. The van der Waals surface area contributed by atoms with E-state index in [0.29, 0.717) is 40.2 Å². The van der Waals surface area contributed by atoms with E-state index in [9.17, 15) is 9.90 Å². The summed E-state index contributed by atoms with van der Waals surface area (Å²) in [6, 6.07) is 16.6. The van der Waals surface area contributed by atoms with E-state index < -0.39 is 6.10 Å². The molecule has 1 aliphatic rings. The summed E-state index contributed by atoms with van der Waals surface area (Å²) in [6.45, 7) is 6.77. The second kappa shape index (κ2) is 12.6. The second-order valence-corrected chi connectivity index (χ2v) is 10.3. The Kier molecular flexibility index (Phi) is 8.74. The summed E-state index contributed by atoms with van der Waals surface area (Å²) in [4.78, 5) is 22.0. The number of carbonyl (C=O) groups excluding carboxylic acids is 1. The third-order valence-electron chi connectivity index (χ3n) is 6.79. The Morgan fingerprint density at radius 3 is 2.58 bits per heavy atom. The number of urea groups is 1. The quantitative estimate of drug-likeness (QED) is 0.167. The molecule has 2 amide bonds. The van der Waals surface area contributed by atoms with Crippen molar-refractivity contribution in [2.24, 2.45) is 0 Å². The van der Waals surface area contributed by atoms with Gasteiger partial charge in [-0.25, -0.2) is 9.78 Å². The monoisotopic (exact) mass is 563 g/mol. The van der Waals surface area contributed by atoms with Crippen LogP contribution in [0.5, 0.6) is 17.2 Å². The number of aromatic nitrogens is 2. The fraction of sp³-hybridized carbons (Fsp3) is 0.333. The van der Waals surface area contributed by atoms with E-state index >= 15 is 0 Å². The van der Waals surface area contributed by atoms with Crippen LogP contribution < -0.4 is 20.1 Å². The number of hydrogen-bond acceptors (Lipinski definition) is 6. The fourth-order valence-corrected chi connectivity index (χ4v) is 4.58. The van der Waals surface area contributed by atoms with E-state index in [2.05, 4.69) is 39.3 Å². The topological polar surface area (TPSA) is 112 Å². The van der Waals surface area contributed by atoms with E-state index in [-0.39, 0.29) is 18.7 Å². The molecule has 0 saturated heterocycles. The number of pyridine rings is 1. The lowest BCUT2D eigenvalue weighted by molar-refractivity contribution is 0.0716. The molecule has 0 bridgehead atoms. The van der Waals surface area contributed by atoms with Gasteiger partial charge >= 0.3 is 6.03 Å². The van der Waals surface area contributed by atoms with Gasteiger partial charge in [-0.15, -0.1) is 0 Å². The number of aliphatic hydroxyl groups is 1. The van der Waals surface area contributed by atoms with Gasteiger partial charge in [0.15, 0.2) is 0 Å². The second-order valence-electron chi connectivity index (χ2n) is 9.85. The highest BCUT2D eigenvalue weighted by Crippen LogP contribution is 2.35. The molecule has 210 valence electrons. The minimum atomic E-state index is -0.549. The maximum atomic E-state index is 12.0. The van der Waals surface area contributed by atoms with E-state index in [1.54, 1.807) is 30.5 Å². The Morgan fingerprint density at radius 1 is 1.12 bits per heavy atom. The first-order chi connectivity index (χ1) is 19.4. The number of ether oxygens (including phenoxy) is 2. The first-order valence-corrected chi connectivity index (χ1v) is 14.0. The number of H-pyrrole nitrogens is 1. The molecule has 1 saturated carbocycles. The Morgan fingerprint density at radius 2 is 1.88 bits per heavy atom. The van der Waals surface area contributed by atoms with Crippen LogP contribution in [0.1, 0.15) is 26.7 Å². The fourth-order valence-electron chi connectivity index (χ4n) is 4.36. The third-order valence-corrected chi connectivity index (χ3v) is 7.10. The minimum Gasteiger partial charge on any atom is -0.491 e. The molecule has 5 rings (SSSR count). The van der Waals surface area contributed by atoms with Crippen molar-refractivity contribution in [3.63, 3.8) is 0 Å². The molecule has 2 aromatic heterocycles. The van der Waals surface area contributed by atoms with Crippen molar-refractivity contribution in [2.45, 2.75) is 38.8 Å². The summed E-state index contributed by atoms with van der Waals surface area (Å²) in [5.41, 5.74) is 3.05. The van der Waals surface area contributed by atoms with Crippen molar-refractivity contribution in [3.8, 4) is 28.5 Å². The Hall–Kier alpha value is -3.79. The summed E-state index contributed by atoms with van der Waals surface area (Å²) in [7, 11) is 0. The number of amides is 2. The van der Waals surface area contributed by atoms with Crippen LogP contribution in [0.4, 0.5) is 10.5 Å². The number of likely N-dealkylation sites (N-methyl/N-ethyl adjacent to an activating group) is 1. The molecule has 0 unspecified atom stereocenters. The maximum Gasteiger partial charge on any atom is 0.319 e. The Labute approximate surface area is 238 Å². The average molecular weight is 564 g/mol. The van der Waals surface area contributed by atoms with Crippen LogP contribution in [0, 0.1) is 0 Å². The van der Waals surface area contributed by atoms with Gasteiger partial charge in [0.25, 0.3) is 0 Å². The predicted octanol–water partition coefficient (Wildman–Crippen LogP) is 6.04. The van der Waals surface area contributed by atoms with Crippen molar-refractivity contribution in [1.82, 2.24) is 20.2 Å². The molecule has 40 heavy (non-hydrogen) atoms. The highest BCUT2D eigenvalue weighted by Gasteiger charge is 2.23. The van der Waals surface area contributed by atoms with E-state index in [0.717, 1.165) is 42.6 Å². The number of anilines is 1. The van der Waals surface area contributed by atoms with Crippen molar-refractivity contribution >= 4 is 34.4 Å². The molecule has 4 aromatic rings. The molecule has 1 aliphatic carbocycles. The van der Waals surface area contributed by atoms with E-state index in [4.69, 9.17) is 21.1 Å².